The summed E-state index contributed by atoms with van der Waals surface area (Å²) in [5.74, 6) is -1.17. The summed E-state index contributed by atoms with van der Waals surface area (Å²) in [4.78, 5) is 36.8. The number of amides is 1. The summed E-state index contributed by atoms with van der Waals surface area (Å²) in [5.41, 5.74) is 3.72. The number of anilines is 1. The predicted octanol–water partition coefficient (Wildman–Crippen LogP) is 4.86. The molecular weight excluding hydrogens is 386 g/mol. The van der Waals surface area contributed by atoms with Gasteiger partial charge in [0.05, 0.1) is 15.6 Å². The molecule has 5 nitrogen and oxygen atoms in total. The van der Waals surface area contributed by atoms with Crippen LogP contribution >= 0.6 is 22.9 Å². The van der Waals surface area contributed by atoms with Crippen molar-refractivity contribution in [1.29, 1.82) is 0 Å². The Morgan fingerprint density at radius 2 is 1.74 bits per heavy atom. The quantitative estimate of drug-likeness (QED) is 0.525. The highest BCUT2D eigenvalue weighted by molar-refractivity contribution is 7.18. The third-order valence-electron chi connectivity index (χ3n) is 4.01. The van der Waals surface area contributed by atoms with E-state index in [4.69, 9.17) is 16.3 Å². The van der Waals surface area contributed by atoms with Gasteiger partial charge in [0, 0.05) is 12.1 Å². The predicted molar refractivity (Wildman–Crippen MR) is 108 cm³/mol. The second-order valence-electron chi connectivity index (χ2n) is 6.42. The summed E-state index contributed by atoms with van der Waals surface area (Å²) >= 11 is 6.97. The van der Waals surface area contributed by atoms with Crippen molar-refractivity contribution in [3.8, 4) is 0 Å². The Kier molecular flexibility index (Phi) is 7.16. The number of benzene rings is 1. The molecule has 1 N–H and O–H groups in total. The molecular formula is C20H22ClNO4S. The molecule has 1 atom stereocenters. The lowest BCUT2D eigenvalue weighted by atomic mass is 10.0. The van der Waals surface area contributed by atoms with Gasteiger partial charge in [-0.1, -0.05) is 29.3 Å². The number of hydrogen-bond acceptors (Lipinski definition) is 5. The second-order valence-corrected chi connectivity index (χ2v) is 8.14. The average molecular weight is 408 g/mol. The fourth-order valence-electron chi connectivity index (χ4n) is 2.71. The third kappa shape index (κ3) is 5.91. The summed E-state index contributed by atoms with van der Waals surface area (Å²) in [6.07, 6.45) is -1.03. The van der Waals surface area contributed by atoms with Gasteiger partial charge in [-0.15, -0.1) is 11.3 Å². The minimum absolute atomic E-state index is 0.0141. The summed E-state index contributed by atoms with van der Waals surface area (Å²) in [5, 5.41) is 2.81. The van der Waals surface area contributed by atoms with E-state index < -0.39 is 18.0 Å². The van der Waals surface area contributed by atoms with Crippen LogP contribution in [-0.4, -0.2) is 23.8 Å². The number of Topliss-reactive ketones (excluding diaryl/α,β-unsaturated/α-hetero) is 1. The van der Waals surface area contributed by atoms with Crippen LogP contribution in [0.2, 0.25) is 4.34 Å². The van der Waals surface area contributed by atoms with E-state index in [0.29, 0.717) is 9.21 Å². The van der Waals surface area contributed by atoms with E-state index in [2.05, 4.69) is 5.32 Å². The highest BCUT2D eigenvalue weighted by atomic mass is 35.5. The van der Waals surface area contributed by atoms with Gasteiger partial charge < -0.3 is 10.1 Å². The Morgan fingerprint density at radius 3 is 2.30 bits per heavy atom. The van der Waals surface area contributed by atoms with Gasteiger partial charge in [-0.2, -0.15) is 0 Å². The molecule has 0 fully saturated rings. The van der Waals surface area contributed by atoms with E-state index in [9.17, 15) is 14.4 Å². The number of ether oxygens (including phenoxy) is 1. The molecule has 1 amide bonds. The summed E-state index contributed by atoms with van der Waals surface area (Å²) in [7, 11) is 0. The van der Waals surface area contributed by atoms with E-state index in [1.807, 2.05) is 32.9 Å². The molecule has 2 aromatic rings. The van der Waals surface area contributed by atoms with E-state index in [1.165, 1.54) is 18.3 Å². The van der Waals surface area contributed by atoms with Crippen molar-refractivity contribution in [2.45, 2.75) is 46.6 Å². The maximum atomic E-state index is 12.3. The molecule has 1 aromatic heterocycles. The zero-order valence-electron chi connectivity index (χ0n) is 15.7. The van der Waals surface area contributed by atoms with E-state index in [0.717, 1.165) is 22.4 Å². The number of hydrogen-bond donors (Lipinski definition) is 1. The summed E-state index contributed by atoms with van der Waals surface area (Å²) < 4.78 is 5.67. The first-order chi connectivity index (χ1) is 12.7. The van der Waals surface area contributed by atoms with Crippen molar-refractivity contribution in [3.05, 3.63) is 50.2 Å². The molecule has 1 aromatic carbocycles. The molecule has 2 rings (SSSR count). The van der Waals surface area contributed by atoms with Crippen molar-refractivity contribution in [2.24, 2.45) is 0 Å². The molecule has 144 valence electrons. The number of ketones is 1. The van der Waals surface area contributed by atoms with Crippen LogP contribution in [0.5, 0.6) is 0 Å². The number of nitrogens with one attached hydrogen (secondary N) is 1. The lowest BCUT2D eigenvalue weighted by molar-refractivity contribution is -0.153. The van der Waals surface area contributed by atoms with Gasteiger partial charge in [0.15, 0.2) is 11.9 Å². The number of thiophene rings is 1. The zero-order valence-corrected chi connectivity index (χ0v) is 17.3. The fourth-order valence-corrected chi connectivity index (χ4v) is 3.73. The van der Waals surface area contributed by atoms with Gasteiger partial charge in [-0.3, -0.25) is 14.4 Å². The molecule has 0 saturated heterocycles. The number of halogens is 1. The van der Waals surface area contributed by atoms with E-state index >= 15 is 0 Å². The van der Waals surface area contributed by atoms with Crippen LogP contribution in [-0.2, 0) is 14.3 Å². The molecule has 0 aliphatic carbocycles. The van der Waals surface area contributed by atoms with Gasteiger partial charge in [0.1, 0.15) is 0 Å². The van der Waals surface area contributed by atoms with Crippen molar-refractivity contribution >= 4 is 46.3 Å². The maximum Gasteiger partial charge on any atom is 0.307 e. The van der Waals surface area contributed by atoms with Crippen molar-refractivity contribution in [2.75, 3.05) is 5.32 Å². The lowest BCUT2D eigenvalue weighted by Crippen LogP contribution is -2.30. The molecule has 0 aliphatic heterocycles. The number of carbonyl (C=O) groups excluding carboxylic acids is 3. The van der Waals surface area contributed by atoms with Crippen molar-refractivity contribution < 1.29 is 19.1 Å². The van der Waals surface area contributed by atoms with Gasteiger partial charge >= 0.3 is 5.97 Å². The van der Waals surface area contributed by atoms with Crippen LogP contribution in [0.3, 0.4) is 0 Å². The van der Waals surface area contributed by atoms with Crippen LogP contribution < -0.4 is 5.32 Å². The normalized spacial score (nSPS) is 11.7. The monoisotopic (exact) mass is 407 g/mol. The average Bonchev–Trinajstić information content (AvgIpc) is 3.02. The molecule has 0 spiro atoms. The fraction of sp³-hybridized carbons (Fsp3) is 0.350. The van der Waals surface area contributed by atoms with Gasteiger partial charge in [-0.25, -0.2) is 0 Å². The molecule has 0 bridgehead atoms. The number of esters is 1. The molecule has 0 radical (unpaired) electrons. The SMILES string of the molecule is Cc1cc(C)c(NC(=O)[C@@H](C)OC(=O)CCC(=O)c2ccc(Cl)s2)c(C)c1. The van der Waals surface area contributed by atoms with Crippen LogP contribution in [0.4, 0.5) is 5.69 Å². The van der Waals surface area contributed by atoms with Crippen LogP contribution in [0.15, 0.2) is 24.3 Å². The lowest BCUT2D eigenvalue weighted by Gasteiger charge is -2.16. The molecule has 1 heterocycles. The first-order valence-corrected chi connectivity index (χ1v) is 9.73. The molecule has 27 heavy (non-hydrogen) atoms. The minimum Gasteiger partial charge on any atom is -0.453 e. The number of carbonyl (C=O) groups is 3. The Labute approximate surface area is 167 Å². The Hall–Kier alpha value is -2.18. The van der Waals surface area contributed by atoms with E-state index in [1.54, 1.807) is 12.1 Å². The van der Waals surface area contributed by atoms with E-state index in [-0.39, 0.29) is 18.6 Å². The van der Waals surface area contributed by atoms with Crippen LogP contribution in [0.25, 0.3) is 0 Å². The molecule has 0 unspecified atom stereocenters. The van der Waals surface area contributed by atoms with Gasteiger partial charge in [0.2, 0.25) is 0 Å². The second kappa shape index (κ2) is 9.15. The van der Waals surface area contributed by atoms with Crippen LogP contribution in [0.1, 0.15) is 46.1 Å². The Morgan fingerprint density at radius 1 is 1.11 bits per heavy atom. The summed E-state index contributed by atoms with van der Waals surface area (Å²) in [6, 6.07) is 7.21. The zero-order chi connectivity index (χ0) is 20.1. The largest absolute Gasteiger partial charge is 0.453 e. The van der Waals surface area contributed by atoms with Gasteiger partial charge in [-0.05, 0) is 51.0 Å². The third-order valence-corrected chi connectivity index (χ3v) is 5.28. The highest BCUT2D eigenvalue weighted by Gasteiger charge is 2.20. The molecule has 7 heteroatoms. The molecule has 0 aliphatic rings. The maximum absolute atomic E-state index is 12.3. The number of aryl methyl sites for hydroxylation is 3. The standard InChI is InChI=1S/C20H22ClNO4S/c1-11-9-12(2)19(13(3)10-11)22-20(25)14(4)26-18(24)8-5-15(23)16-6-7-17(21)27-16/h6-7,9-10,14H,5,8H2,1-4H3,(H,22,25)/t14-/m1/s1. The minimum atomic E-state index is -0.955. The Balaban J connectivity index is 1.86. The smallest absolute Gasteiger partial charge is 0.307 e. The first-order valence-electron chi connectivity index (χ1n) is 8.54. The Bertz CT molecular complexity index is 852. The molecule has 0 saturated carbocycles. The summed E-state index contributed by atoms with van der Waals surface area (Å²) in [6.45, 7) is 7.32. The topological polar surface area (TPSA) is 72.5 Å². The first kappa shape index (κ1) is 21.1. The van der Waals surface area contributed by atoms with Crippen molar-refractivity contribution in [3.63, 3.8) is 0 Å². The highest BCUT2D eigenvalue weighted by Crippen LogP contribution is 2.24. The van der Waals surface area contributed by atoms with Crippen LogP contribution in [0, 0.1) is 20.8 Å². The van der Waals surface area contributed by atoms with Gasteiger partial charge in [0.25, 0.3) is 5.91 Å². The number of rotatable bonds is 7. The van der Waals surface area contributed by atoms with Crippen molar-refractivity contribution in [1.82, 2.24) is 0 Å².